The van der Waals surface area contributed by atoms with Crippen molar-refractivity contribution in [2.45, 2.75) is 64.4 Å². The zero-order valence-corrected chi connectivity index (χ0v) is 29.1. The van der Waals surface area contributed by atoms with Crippen molar-refractivity contribution in [3.05, 3.63) is 109 Å². The Balaban J connectivity index is 1.52. The number of aliphatic hydroxyl groups is 1. The number of ketones is 1. The van der Waals surface area contributed by atoms with Crippen LogP contribution in [0, 0.1) is 0 Å². The molecule has 2 N–H and O–H groups in total. The van der Waals surface area contributed by atoms with Crippen molar-refractivity contribution in [1.82, 2.24) is 0 Å². The molecule has 2 aromatic carbocycles. The van der Waals surface area contributed by atoms with Gasteiger partial charge in [-0.3, -0.25) is 9.59 Å². The van der Waals surface area contributed by atoms with Gasteiger partial charge in [-0.05, 0) is 68.5 Å². The van der Waals surface area contributed by atoms with Crippen LogP contribution in [0.2, 0.25) is 5.02 Å². The minimum atomic E-state index is -1.27. The van der Waals surface area contributed by atoms with Gasteiger partial charge in [-0.15, -0.1) is 0 Å². The lowest BCUT2D eigenvalue weighted by Gasteiger charge is -2.22. The summed E-state index contributed by atoms with van der Waals surface area (Å²) in [5.74, 6) is -1.05. The van der Waals surface area contributed by atoms with E-state index >= 15 is 0 Å². The molecule has 4 rings (SSSR count). The number of allylic oxidation sites excluding steroid dienone is 3. The van der Waals surface area contributed by atoms with E-state index in [0.29, 0.717) is 52.6 Å². The second kappa shape index (κ2) is 17.8. The monoisotopic (exact) mass is 706 g/mol. The Morgan fingerprint density at radius 1 is 1.16 bits per heavy atom. The van der Waals surface area contributed by atoms with E-state index in [2.05, 4.69) is 4.74 Å². The fourth-order valence-corrected chi connectivity index (χ4v) is 5.83. The molecule has 1 aliphatic rings. The van der Waals surface area contributed by atoms with Crippen molar-refractivity contribution in [1.29, 1.82) is 0 Å². The summed E-state index contributed by atoms with van der Waals surface area (Å²) in [4.78, 5) is 38.4. The van der Waals surface area contributed by atoms with Gasteiger partial charge in [0.05, 0.1) is 36.2 Å². The van der Waals surface area contributed by atoms with Crippen LogP contribution in [0.3, 0.4) is 0 Å². The van der Waals surface area contributed by atoms with E-state index in [4.69, 9.17) is 37.7 Å². The molecule has 2 atom stereocenters. The fraction of sp³-hybridized carbons (Fsp3) is 0.316. The number of aromatic hydroxyl groups is 1. The molecule has 0 saturated carbocycles. The maximum Gasteiger partial charge on any atom is 0.516 e. The standard InChI is InChI=1S/C38H39ClO9S/c1-4-12-28-31(19-18-27(23(2)40)35(28)42)46-20-10-8-6-5-7-9-15-30(34(41)24-13-11-14-25(39)21-24)33-36(43)29-17-16-26(49)22-32(29)47-37(33)48-38(44)45-3/h5,7,9,11,13-15,17-19,21-22,30,34,41-42H,4,6,8,10,12,16,20H2,1-3H3/b7-5-,15-9+/t30-,34-/m0/s1. The number of aliphatic hydroxyl groups excluding tert-OH is 1. The van der Waals surface area contributed by atoms with E-state index in [1.54, 1.807) is 60.7 Å². The summed E-state index contributed by atoms with van der Waals surface area (Å²) >= 11 is 11.5. The second-order valence-electron chi connectivity index (χ2n) is 11.4. The number of unbranched alkanes of at least 4 members (excludes halogenated alkanes) is 2. The molecule has 0 spiro atoms. The molecule has 1 aliphatic carbocycles. The maximum atomic E-state index is 13.9. The number of carbonyl (C=O) groups excluding carboxylic acids is 2. The zero-order chi connectivity index (χ0) is 35.5. The maximum absolute atomic E-state index is 13.9. The number of Topliss-reactive ketones (excluding diaryl/α,β-unsaturated/α-hetero) is 1. The Bertz CT molecular complexity index is 1940. The van der Waals surface area contributed by atoms with Crippen molar-refractivity contribution < 1.29 is 38.4 Å². The highest BCUT2D eigenvalue weighted by Gasteiger charge is 2.30. The average molecular weight is 707 g/mol. The number of rotatable bonds is 15. The second-order valence-corrected chi connectivity index (χ2v) is 12.4. The molecule has 1 heterocycles. The fourth-order valence-electron chi connectivity index (χ4n) is 5.44. The van der Waals surface area contributed by atoms with Gasteiger partial charge in [0.25, 0.3) is 0 Å². The van der Waals surface area contributed by atoms with Gasteiger partial charge >= 0.3 is 12.1 Å². The first kappa shape index (κ1) is 37.3. The lowest BCUT2D eigenvalue weighted by atomic mass is 9.88. The summed E-state index contributed by atoms with van der Waals surface area (Å²) < 4.78 is 21.8. The molecule has 0 amide bonds. The first-order valence-electron chi connectivity index (χ1n) is 16.0. The lowest BCUT2D eigenvalue weighted by molar-refractivity contribution is 0.101. The number of thiocarbonyl (C=S) groups is 1. The highest BCUT2D eigenvalue weighted by molar-refractivity contribution is 7.81. The SMILES string of the molecule is CCCc1c(OCCCC/C=C\C=C\[C@@H](c2c(OC(=O)OC)oc3c(c2=O)=CCC(=S)C=3)[C@@H](O)c2cccc(Cl)c2)ccc(C(C)=O)c1O. The van der Waals surface area contributed by atoms with E-state index in [1.165, 1.54) is 13.0 Å². The van der Waals surface area contributed by atoms with E-state index in [0.717, 1.165) is 26.4 Å². The van der Waals surface area contributed by atoms with Crippen molar-refractivity contribution >= 4 is 52.8 Å². The molecule has 3 aromatic rings. The van der Waals surface area contributed by atoms with Gasteiger partial charge in [0, 0.05) is 27.8 Å². The zero-order valence-electron chi connectivity index (χ0n) is 27.6. The molecule has 11 heteroatoms. The van der Waals surface area contributed by atoms with Crippen LogP contribution in [-0.4, -0.2) is 40.7 Å². The molecule has 258 valence electrons. The molecule has 9 nitrogen and oxygen atoms in total. The highest BCUT2D eigenvalue weighted by atomic mass is 35.5. The van der Waals surface area contributed by atoms with Crippen molar-refractivity contribution in [2.24, 2.45) is 0 Å². The number of hydrogen-bond acceptors (Lipinski definition) is 10. The summed E-state index contributed by atoms with van der Waals surface area (Å²) in [6.07, 6.45) is 11.9. The predicted molar refractivity (Wildman–Crippen MR) is 192 cm³/mol. The number of phenolic OH excluding ortho intramolecular Hbond substituents is 1. The summed E-state index contributed by atoms with van der Waals surface area (Å²) in [6.45, 7) is 3.85. The van der Waals surface area contributed by atoms with Gasteiger partial charge in [0.15, 0.2) is 11.2 Å². The Kier molecular flexibility index (Phi) is 13.5. The topological polar surface area (TPSA) is 132 Å². The van der Waals surface area contributed by atoms with Crippen LogP contribution in [0.4, 0.5) is 4.79 Å². The number of hydrogen-bond donors (Lipinski definition) is 2. The number of fused-ring (bicyclic) bond motifs is 1. The minimum Gasteiger partial charge on any atom is -0.507 e. The number of halogens is 1. The number of phenols is 1. The van der Waals surface area contributed by atoms with Gasteiger partial charge < -0.3 is 28.8 Å². The van der Waals surface area contributed by atoms with Crippen molar-refractivity contribution in [2.75, 3.05) is 13.7 Å². The van der Waals surface area contributed by atoms with E-state index in [1.807, 2.05) is 13.0 Å². The minimum absolute atomic E-state index is 0.0157. The largest absolute Gasteiger partial charge is 0.516 e. The molecular weight excluding hydrogens is 668 g/mol. The lowest BCUT2D eigenvalue weighted by Crippen LogP contribution is -2.44. The Labute approximate surface area is 294 Å². The summed E-state index contributed by atoms with van der Waals surface area (Å²) in [5.41, 5.74) is 0.972. The van der Waals surface area contributed by atoms with Crippen LogP contribution < -0.4 is 25.5 Å². The quantitative estimate of drug-likeness (QED) is 0.0571. The summed E-state index contributed by atoms with van der Waals surface area (Å²) in [5, 5.41) is 22.8. The van der Waals surface area contributed by atoms with Crippen molar-refractivity contribution in [3.63, 3.8) is 0 Å². The van der Waals surface area contributed by atoms with Gasteiger partial charge in [-0.1, -0.05) is 79.7 Å². The average Bonchev–Trinajstić information content (AvgIpc) is 3.07. The van der Waals surface area contributed by atoms with Crippen LogP contribution in [0.1, 0.15) is 85.0 Å². The normalized spacial score (nSPS) is 13.8. The van der Waals surface area contributed by atoms with Gasteiger partial charge in [0.1, 0.15) is 16.9 Å². The molecule has 49 heavy (non-hydrogen) atoms. The molecule has 0 saturated heterocycles. The predicted octanol–water partition coefficient (Wildman–Crippen LogP) is 6.81. The highest BCUT2D eigenvalue weighted by Crippen LogP contribution is 2.36. The first-order valence-corrected chi connectivity index (χ1v) is 16.8. The van der Waals surface area contributed by atoms with Crippen LogP contribution in [0.15, 0.2) is 69.9 Å². The Morgan fingerprint density at radius 3 is 2.67 bits per heavy atom. The van der Waals surface area contributed by atoms with Gasteiger partial charge in [-0.2, -0.15) is 0 Å². The Hall–Kier alpha value is -4.51. The first-order chi connectivity index (χ1) is 23.5. The third kappa shape index (κ3) is 9.56. The van der Waals surface area contributed by atoms with Crippen LogP contribution in [-0.2, 0) is 11.2 Å². The molecule has 0 aliphatic heterocycles. The molecule has 1 aromatic heterocycles. The molecule has 0 radical (unpaired) electrons. The van der Waals surface area contributed by atoms with E-state index in [-0.39, 0.29) is 33.3 Å². The van der Waals surface area contributed by atoms with Crippen molar-refractivity contribution in [3.8, 4) is 17.4 Å². The smallest absolute Gasteiger partial charge is 0.507 e. The van der Waals surface area contributed by atoms with E-state index in [9.17, 15) is 24.6 Å². The molecule has 0 unspecified atom stereocenters. The summed E-state index contributed by atoms with van der Waals surface area (Å²) in [6, 6.07) is 9.94. The number of benzene rings is 2. The third-order valence-corrected chi connectivity index (χ3v) is 8.41. The van der Waals surface area contributed by atoms with Crippen LogP contribution in [0.5, 0.6) is 17.4 Å². The molecule has 0 fully saturated rings. The van der Waals surface area contributed by atoms with Gasteiger partial charge in [0.2, 0.25) is 0 Å². The third-order valence-electron chi connectivity index (χ3n) is 7.89. The molecule has 0 bridgehead atoms. The Morgan fingerprint density at radius 2 is 1.96 bits per heavy atom. The van der Waals surface area contributed by atoms with Gasteiger partial charge in [-0.25, -0.2) is 4.79 Å². The van der Waals surface area contributed by atoms with Crippen LogP contribution >= 0.6 is 23.8 Å². The number of methoxy groups -OCH3 is 1. The number of ether oxygens (including phenoxy) is 3. The van der Waals surface area contributed by atoms with Crippen LogP contribution in [0.25, 0.3) is 12.2 Å². The molecular formula is C38H39ClO9S. The summed E-state index contributed by atoms with van der Waals surface area (Å²) in [7, 11) is 1.13. The number of carbonyl (C=O) groups is 2. The van der Waals surface area contributed by atoms with E-state index < -0.39 is 29.6 Å².